The van der Waals surface area contributed by atoms with Crippen molar-refractivity contribution >= 4 is 6.08 Å². The van der Waals surface area contributed by atoms with Gasteiger partial charge < -0.3 is 0 Å². The highest BCUT2D eigenvalue weighted by atomic mass is 13.8. The van der Waals surface area contributed by atoms with Gasteiger partial charge in [0.1, 0.15) is 0 Å². The van der Waals surface area contributed by atoms with Crippen molar-refractivity contribution < 1.29 is 0 Å². The minimum absolute atomic E-state index is 1.17. The van der Waals surface area contributed by atoms with E-state index in [1.807, 2.05) is 36.4 Å². The van der Waals surface area contributed by atoms with E-state index in [1.165, 1.54) is 5.56 Å². The van der Waals surface area contributed by atoms with Crippen molar-refractivity contribution in [2.45, 2.75) is 0 Å². The van der Waals surface area contributed by atoms with Gasteiger partial charge in [-0.05, 0) is 5.56 Å². The topological polar surface area (TPSA) is 0 Å². The Balaban J connectivity index is 0. The van der Waals surface area contributed by atoms with Crippen LogP contribution in [0.25, 0.3) is 6.08 Å². The first-order valence-electron chi connectivity index (χ1n) is 4.26. The van der Waals surface area contributed by atoms with Crippen LogP contribution in [0.2, 0.25) is 0 Å². The molecule has 0 aliphatic rings. The minimum atomic E-state index is 1.17. The third-order valence-corrected chi connectivity index (χ3v) is 1.20. The van der Waals surface area contributed by atoms with Crippen LogP contribution >= 0.6 is 0 Å². The molecule has 1 aromatic carbocycles. The second kappa shape index (κ2) is 13.7. The van der Waals surface area contributed by atoms with Crippen molar-refractivity contribution in [3.8, 4) is 0 Å². The fourth-order valence-electron chi connectivity index (χ4n) is 0.589. The van der Waals surface area contributed by atoms with E-state index in [1.54, 1.807) is 12.2 Å². The zero-order valence-corrected chi connectivity index (χ0v) is 8.65. The fourth-order valence-corrected chi connectivity index (χ4v) is 0.589. The standard InChI is InChI=1S/C8H8.C4H6.C2H4/c1-2-8-6-4-3-5-7-8;1-3-4-2;1-2/h2-7H,1H2;3-4H,1-2H2;1-2H2. The molecule has 1 aromatic rings. The Kier molecular flexibility index (Phi) is 14.4. The molecule has 0 aliphatic carbocycles. The summed E-state index contributed by atoms with van der Waals surface area (Å²) >= 11 is 0. The highest BCUT2D eigenvalue weighted by Gasteiger charge is 1.75. The number of benzene rings is 1. The predicted molar refractivity (Wildman–Crippen MR) is 68.2 cm³/mol. The Hall–Kier alpha value is -1.82. The molecule has 0 saturated carbocycles. The summed E-state index contributed by atoms with van der Waals surface area (Å²) in [7, 11) is 0. The van der Waals surface area contributed by atoms with E-state index < -0.39 is 0 Å². The Morgan fingerprint density at radius 2 is 1.21 bits per heavy atom. The first-order chi connectivity index (χ1) is 6.85. The maximum atomic E-state index is 3.63. The molecule has 0 atom stereocenters. The minimum Gasteiger partial charge on any atom is -0.106 e. The first-order valence-corrected chi connectivity index (χ1v) is 4.26. The Labute approximate surface area is 87.6 Å². The van der Waals surface area contributed by atoms with Gasteiger partial charge in [-0.2, -0.15) is 0 Å². The Morgan fingerprint density at radius 1 is 0.786 bits per heavy atom. The lowest BCUT2D eigenvalue weighted by Gasteiger charge is -1.85. The van der Waals surface area contributed by atoms with Crippen LogP contribution in [0.1, 0.15) is 5.56 Å². The molecular weight excluding hydrogens is 168 g/mol. The largest absolute Gasteiger partial charge is 0.106 e. The van der Waals surface area contributed by atoms with E-state index in [-0.39, 0.29) is 0 Å². The highest BCUT2D eigenvalue weighted by Crippen LogP contribution is 1.97. The molecular formula is C14H18. The lowest BCUT2D eigenvalue weighted by atomic mass is 10.2. The van der Waals surface area contributed by atoms with Crippen LogP contribution in [0, 0.1) is 0 Å². The molecule has 0 aliphatic heterocycles. The fraction of sp³-hybridized carbons (Fsp3) is 0. The van der Waals surface area contributed by atoms with Crippen molar-refractivity contribution in [1.29, 1.82) is 0 Å². The third kappa shape index (κ3) is 10.2. The van der Waals surface area contributed by atoms with Crippen LogP contribution in [0.3, 0.4) is 0 Å². The quantitative estimate of drug-likeness (QED) is 0.471. The molecule has 0 saturated heterocycles. The summed E-state index contributed by atoms with van der Waals surface area (Å²) in [5, 5.41) is 0. The third-order valence-electron chi connectivity index (χ3n) is 1.20. The van der Waals surface area contributed by atoms with Gasteiger partial charge in [-0.25, -0.2) is 0 Å². The van der Waals surface area contributed by atoms with Crippen molar-refractivity contribution in [1.82, 2.24) is 0 Å². The van der Waals surface area contributed by atoms with Gasteiger partial charge in [-0.15, -0.1) is 13.2 Å². The first kappa shape index (κ1) is 14.7. The highest BCUT2D eigenvalue weighted by molar-refractivity contribution is 5.45. The second-order valence-electron chi connectivity index (χ2n) is 2.09. The molecule has 1 rings (SSSR count). The van der Waals surface area contributed by atoms with E-state index >= 15 is 0 Å². The molecule has 0 nitrogen and oxygen atoms in total. The Morgan fingerprint density at radius 3 is 1.43 bits per heavy atom. The van der Waals surface area contributed by atoms with E-state index in [0.29, 0.717) is 0 Å². The monoisotopic (exact) mass is 186 g/mol. The number of hydrogen-bond donors (Lipinski definition) is 0. The molecule has 0 bridgehead atoms. The average Bonchev–Trinajstić information content (AvgIpc) is 2.33. The van der Waals surface area contributed by atoms with E-state index in [4.69, 9.17) is 0 Å². The lowest BCUT2D eigenvalue weighted by Crippen LogP contribution is -1.63. The molecule has 0 N–H and O–H groups in total. The zero-order valence-electron chi connectivity index (χ0n) is 8.65. The summed E-state index contributed by atoms with van der Waals surface area (Å²) in [4.78, 5) is 0. The summed E-state index contributed by atoms with van der Waals surface area (Å²) in [6, 6.07) is 10.0. The average molecular weight is 186 g/mol. The van der Waals surface area contributed by atoms with Gasteiger partial charge in [-0.1, -0.05) is 68.3 Å². The van der Waals surface area contributed by atoms with Crippen LogP contribution in [-0.4, -0.2) is 0 Å². The van der Waals surface area contributed by atoms with Gasteiger partial charge in [0, 0.05) is 0 Å². The molecule has 14 heavy (non-hydrogen) atoms. The molecule has 0 unspecified atom stereocenters. The lowest BCUT2D eigenvalue weighted by molar-refractivity contribution is 1.67. The molecule has 0 spiro atoms. The number of rotatable bonds is 2. The summed E-state index contributed by atoms with van der Waals surface area (Å²) < 4.78 is 0. The second-order valence-corrected chi connectivity index (χ2v) is 2.09. The zero-order chi connectivity index (χ0) is 11.2. The van der Waals surface area contributed by atoms with E-state index in [2.05, 4.69) is 32.9 Å². The van der Waals surface area contributed by atoms with Gasteiger partial charge in [0.25, 0.3) is 0 Å². The predicted octanol–water partition coefficient (Wildman–Crippen LogP) is 4.49. The maximum absolute atomic E-state index is 3.63. The maximum Gasteiger partial charge on any atom is -0.0263 e. The summed E-state index contributed by atoms with van der Waals surface area (Å²) in [6.07, 6.45) is 5.11. The molecule has 0 radical (unpaired) electrons. The molecule has 0 heteroatoms. The van der Waals surface area contributed by atoms with Gasteiger partial charge in [0.05, 0.1) is 0 Å². The van der Waals surface area contributed by atoms with Gasteiger partial charge in [0.2, 0.25) is 0 Å². The van der Waals surface area contributed by atoms with Crippen molar-refractivity contribution in [2.24, 2.45) is 0 Å². The van der Waals surface area contributed by atoms with Crippen LogP contribution in [0.15, 0.2) is 75.4 Å². The summed E-state index contributed by atoms with van der Waals surface area (Å²) in [6.45, 7) is 16.4. The molecule has 74 valence electrons. The Bertz CT molecular complexity index is 238. The van der Waals surface area contributed by atoms with Crippen molar-refractivity contribution in [3.63, 3.8) is 0 Å². The van der Waals surface area contributed by atoms with E-state index in [9.17, 15) is 0 Å². The smallest absolute Gasteiger partial charge is 0.0263 e. The molecule has 0 fully saturated rings. The normalized spacial score (nSPS) is 6.57. The van der Waals surface area contributed by atoms with Gasteiger partial charge >= 0.3 is 0 Å². The SMILES string of the molecule is C=C.C=CC=C.C=Cc1ccccc1. The van der Waals surface area contributed by atoms with Crippen molar-refractivity contribution in [3.05, 3.63) is 80.9 Å². The van der Waals surface area contributed by atoms with Crippen LogP contribution in [-0.2, 0) is 0 Å². The summed E-state index contributed by atoms with van der Waals surface area (Å²) in [5.41, 5.74) is 1.17. The van der Waals surface area contributed by atoms with Crippen LogP contribution < -0.4 is 0 Å². The molecule has 0 aromatic heterocycles. The van der Waals surface area contributed by atoms with E-state index in [0.717, 1.165) is 0 Å². The van der Waals surface area contributed by atoms with Gasteiger partial charge in [-0.3, -0.25) is 0 Å². The van der Waals surface area contributed by atoms with Gasteiger partial charge in [0.15, 0.2) is 0 Å². The van der Waals surface area contributed by atoms with Crippen LogP contribution in [0.4, 0.5) is 0 Å². The number of allylic oxidation sites excluding steroid dienone is 2. The number of hydrogen-bond acceptors (Lipinski definition) is 0. The van der Waals surface area contributed by atoms with Crippen molar-refractivity contribution in [2.75, 3.05) is 0 Å². The molecule has 0 heterocycles. The summed E-state index contributed by atoms with van der Waals surface area (Å²) in [5.74, 6) is 0. The molecule has 0 amide bonds. The van der Waals surface area contributed by atoms with Crippen LogP contribution in [0.5, 0.6) is 0 Å².